The normalized spacial score (nSPS) is 8.95. The number of aliphatic hydroxyl groups excluding tert-OH is 1. The molecule has 0 radical (unpaired) electrons. The summed E-state index contributed by atoms with van der Waals surface area (Å²) in [6.45, 7) is 3.95. The van der Waals surface area contributed by atoms with Crippen LogP contribution in [0.3, 0.4) is 0 Å². The molecule has 0 aliphatic heterocycles. The number of imidazole rings is 1. The van der Waals surface area contributed by atoms with Gasteiger partial charge in [-0.25, -0.2) is 8.96 Å². The minimum atomic E-state index is -0.0456. The van der Waals surface area contributed by atoms with E-state index in [1.165, 1.54) is 10.2 Å². The third-order valence-corrected chi connectivity index (χ3v) is 2.69. The summed E-state index contributed by atoms with van der Waals surface area (Å²) < 4.78 is 13.8. The summed E-state index contributed by atoms with van der Waals surface area (Å²) >= 11 is -0.00991. The van der Waals surface area contributed by atoms with Crippen LogP contribution in [-0.4, -0.2) is 14.1 Å². The van der Waals surface area contributed by atoms with E-state index >= 15 is 0 Å². The number of benzene rings is 1. The van der Waals surface area contributed by atoms with Crippen LogP contribution >= 0.6 is 12.3 Å². The lowest BCUT2D eigenvalue weighted by molar-refractivity contribution is 0.282. The highest BCUT2D eigenvalue weighted by Gasteiger charge is 2.10. The van der Waals surface area contributed by atoms with Gasteiger partial charge in [0.05, 0.1) is 12.8 Å². The fourth-order valence-electron chi connectivity index (χ4n) is 1.42. The summed E-state index contributed by atoms with van der Waals surface area (Å²) in [4.78, 5) is 4.00. The fourth-order valence-corrected chi connectivity index (χ4v) is 1.77. The average molecular weight is 295 g/mol. The number of nitrogens with zero attached hydrogens (tertiary/aromatic N) is 3. The van der Waals surface area contributed by atoms with Gasteiger partial charge < -0.3 is 5.11 Å². The number of aliphatic hydroxyl groups is 1. The van der Waals surface area contributed by atoms with Crippen molar-refractivity contribution in [2.75, 3.05) is 0 Å². The molecule has 0 spiro atoms. The van der Waals surface area contributed by atoms with Crippen LogP contribution in [0, 0.1) is 11.3 Å². The monoisotopic (exact) mass is 295 g/mol. The predicted molar refractivity (Wildman–Crippen MR) is 80.5 cm³/mol. The average Bonchev–Trinajstić information content (AvgIpc) is 2.93. The minimum Gasteiger partial charge on any atom is -0.392 e. The lowest BCUT2D eigenvalue weighted by atomic mass is 10.1. The van der Waals surface area contributed by atoms with Crippen molar-refractivity contribution in [2.45, 2.75) is 27.9 Å². The molecule has 1 aromatic heterocycles. The van der Waals surface area contributed by atoms with Crippen molar-refractivity contribution in [3.8, 4) is 17.5 Å². The molecule has 108 valence electrons. The Labute approximate surface area is 123 Å². The molecule has 1 N–H and O–H groups in total. The van der Waals surface area contributed by atoms with Crippen LogP contribution < -0.4 is 0 Å². The number of hydrogen-bond acceptors (Lipinski definition) is 4. The van der Waals surface area contributed by atoms with E-state index < -0.39 is 0 Å². The second kappa shape index (κ2) is 9.13. The standard InChI is InChI=1S/C11H8FN3OS.C2H6.CH4/c12-17-15-6-10(5-13)14-11(15)9-3-1-8(7-16)2-4-9;1-2;/h1-4,6,16H,7H2;1-2H3;1H4. The maximum absolute atomic E-state index is 12.7. The Morgan fingerprint density at radius 3 is 2.40 bits per heavy atom. The maximum atomic E-state index is 12.7. The second-order valence-electron chi connectivity index (χ2n) is 3.31. The topological polar surface area (TPSA) is 61.8 Å². The van der Waals surface area contributed by atoms with Crippen molar-refractivity contribution in [2.24, 2.45) is 0 Å². The molecule has 0 saturated heterocycles. The minimum absolute atomic E-state index is 0. The van der Waals surface area contributed by atoms with Gasteiger partial charge in [-0.2, -0.15) is 5.26 Å². The van der Waals surface area contributed by atoms with Gasteiger partial charge in [0.25, 0.3) is 0 Å². The van der Waals surface area contributed by atoms with Crippen molar-refractivity contribution in [3.63, 3.8) is 0 Å². The Balaban J connectivity index is 0.00000115. The Hall–Kier alpha value is -1.84. The molecule has 1 heterocycles. The van der Waals surface area contributed by atoms with Crippen LogP contribution in [0.4, 0.5) is 3.89 Å². The van der Waals surface area contributed by atoms with E-state index in [4.69, 9.17) is 10.4 Å². The van der Waals surface area contributed by atoms with E-state index in [0.29, 0.717) is 11.4 Å². The molecule has 1 aromatic carbocycles. The quantitative estimate of drug-likeness (QED) is 0.931. The third kappa shape index (κ3) is 4.08. The summed E-state index contributed by atoms with van der Waals surface area (Å²) in [7, 11) is 0. The van der Waals surface area contributed by atoms with Gasteiger partial charge in [-0.3, -0.25) is 0 Å². The molecule has 0 amide bonds. The summed E-state index contributed by atoms with van der Waals surface area (Å²) in [5.41, 5.74) is 1.62. The van der Waals surface area contributed by atoms with Crippen molar-refractivity contribution >= 4 is 12.3 Å². The van der Waals surface area contributed by atoms with E-state index in [0.717, 1.165) is 5.56 Å². The van der Waals surface area contributed by atoms with E-state index in [1.807, 2.05) is 19.9 Å². The second-order valence-corrected chi connectivity index (χ2v) is 3.84. The van der Waals surface area contributed by atoms with Crippen molar-refractivity contribution in [1.29, 1.82) is 5.26 Å². The zero-order valence-electron chi connectivity index (χ0n) is 10.7. The first-order chi connectivity index (χ1) is 9.28. The molecule has 0 aliphatic carbocycles. The number of hydrogen-bond donors (Lipinski definition) is 1. The lowest BCUT2D eigenvalue weighted by Gasteiger charge is -2.02. The largest absolute Gasteiger partial charge is 0.392 e. The first-order valence-corrected chi connectivity index (χ1v) is 6.44. The van der Waals surface area contributed by atoms with E-state index in [-0.39, 0.29) is 32.1 Å². The molecule has 0 aliphatic rings. The molecule has 2 rings (SSSR count). The Morgan fingerprint density at radius 1 is 1.35 bits per heavy atom. The molecule has 0 unspecified atom stereocenters. The molecule has 4 nitrogen and oxygen atoms in total. The highest BCUT2D eigenvalue weighted by Crippen LogP contribution is 2.24. The van der Waals surface area contributed by atoms with Crippen LogP contribution in [0.1, 0.15) is 32.5 Å². The van der Waals surface area contributed by atoms with Gasteiger partial charge >= 0.3 is 0 Å². The number of aromatic nitrogens is 2. The Morgan fingerprint density at radius 2 is 1.95 bits per heavy atom. The highest BCUT2D eigenvalue weighted by atomic mass is 32.2. The van der Waals surface area contributed by atoms with Crippen LogP contribution in [-0.2, 0) is 6.61 Å². The summed E-state index contributed by atoms with van der Waals surface area (Å²) in [6, 6.07) is 8.76. The fraction of sp³-hybridized carbons (Fsp3) is 0.286. The predicted octanol–water partition coefficient (Wildman–Crippen LogP) is 3.96. The number of halogens is 1. The molecular weight excluding hydrogens is 277 g/mol. The first-order valence-electron chi connectivity index (χ1n) is 5.77. The van der Waals surface area contributed by atoms with Crippen LogP contribution in [0.5, 0.6) is 0 Å². The maximum Gasteiger partial charge on any atom is 0.171 e. The number of nitriles is 1. The smallest absolute Gasteiger partial charge is 0.171 e. The van der Waals surface area contributed by atoms with Gasteiger partial charge in [-0.05, 0) is 5.56 Å². The molecular formula is C14H18FN3OS. The molecule has 20 heavy (non-hydrogen) atoms. The van der Waals surface area contributed by atoms with Crippen molar-refractivity contribution < 1.29 is 8.99 Å². The molecule has 2 aromatic rings. The van der Waals surface area contributed by atoms with Crippen LogP contribution in [0.25, 0.3) is 11.4 Å². The third-order valence-electron chi connectivity index (χ3n) is 2.26. The Kier molecular flexibility index (Phi) is 8.29. The van der Waals surface area contributed by atoms with Gasteiger partial charge in [-0.15, -0.1) is 3.89 Å². The molecule has 0 saturated carbocycles. The van der Waals surface area contributed by atoms with Gasteiger partial charge in [0, 0.05) is 5.56 Å². The summed E-state index contributed by atoms with van der Waals surface area (Å²) in [5, 5.41) is 17.6. The van der Waals surface area contributed by atoms with E-state index in [9.17, 15) is 3.89 Å². The molecule has 0 fully saturated rings. The zero-order chi connectivity index (χ0) is 14.3. The van der Waals surface area contributed by atoms with Crippen molar-refractivity contribution in [3.05, 3.63) is 41.7 Å². The van der Waals surface area contributed by atoms with Gasteiger partial charge in [-0.1, -0.05) is 45.5 Å². The Bertz CT molecular complexity index is 561. The van der Waals surface area contributed by atoms with Gasteiger partial charge in [0.15, 0.2) is 23.9 Å². The summed E-state index contributed by atoms with van der Waals surface area (Å²) in [5.74, 6) is 0.374. The van der Waals surface area contributed by atoms with Crippen LogP contribution in [0.2, 0.25) is 0 Å². The molecule has 0 bridgehead atoms. The molecule has 0 atom stereocenters. The highest BCUT2D eigenvalue weighted by molar-refractivity contribution is 7.92. The zero-order valence-corrected chi connectivity index (χ0v) is 11.5. The van der Waals surface area contributed by atoms with Crippen molar-refractivity contribution in [1.82, 2.24) is 8.96 Å². The lowest BCUT2D eigenvalue weighted by Crippen LogP contribution is -1.89. The molecule has 6 heteroatoms. The van der Waals surface area contributed by atoms with Gasteiger partial charge in [0.1, 0.15) is 6.07 Å². The SMILES string of the molecule is C.CC.N#Cc1cn(SF)c(-c2ccc(CO)cc2)n1. The summed E-state index contributed by atoms with van der Waals surface area (Å²) in [6.07, 6.45) is 1.33. The van der Waals surface area contributed by atoms with E-state index in [1.54, 1.807) is 24.3 Å². The number of rotatable bonds is 3. The van der Waals surface area contributed by atoms with E-state index in [2.05, 4.69) is 4.98 Å². The van der Waals surface area contributed by atoms with Gasteiger partial charge in [0.2, 0.25) is 0 Å². The first kappa shape index (κ1) is 18.2. The van der Waals surface area contributed by atoms with Crippen LogP contribution in [0.15, 0.2) is 30.5 Å².